The summed E-state index contributed by atoms with van der Waals surface area (Å²) in [4.78, 5) is 0. The first-order valence-electron chi connectivity index (χ1n) is 14.2. The fourth-order valence-corrected chi connectivity index (χ4v) is 6.02. The lowest BCUT2D eigenvalue weighted by molar-refractivity contribution is 0.263. The van der Waals surface area contributed by atoms with Crippen molar-refractivity contribution in [3.8, 4) is 0 Å². The Morgan fingerprint density at radius 2 is 0.882 bits per heavy atom. The maximum atomic E-state index is 3.79. The van der Waals surface area contributed by atoms with Gasteiger partial charge in [-0.3, -0.25) is 0 Å². The molecule has 4 heteroatoms. The monoisotopic (exact) mass is 470 g/mol. The molecule has 1 aromatic carbocycles. The number of nitrogens with one attached hydrogen (secondary N) is 4. The van der Waals surface area contributed by atoms with Crippen molar-refractivity contribution in [3.05, 3.63) is 35.4 Å². The predicted octanol–water partition coefficient (Wildman–Crippen LogP) is 5.62. The van der Waals surface area contributed by atoms with Gasteiger partial charge in [-0.05, 0) is 93.2 Å². The molecule has 2 saturated carbocycles. The summed E-state index contributed by atoms with van der Waals surface area (Å²) in [6, 6.07) is 11.4. The molecule has 34 heavy (non-hydrogen) atoms. The summed E-state index contributed by atoms with van der Waals surface area (Å²) in [6.45, 7) is 15.9. The van der Waals surface area contributed by atoms with Crippen LogP contribution in [0.4, 0.5) is 0 Å². The predicted molar refractivity (Wildman–Crippen MR) is 148 cm³/mol. The van der Waals surface area contributed by atoms with E-state index in [0.717, 1.165) is 24.2 Å². The van der Waals surface area contributed by atoms with Crippen molar-refractivity contribution in [2.75, 3.05) is 13.1 Å². The molecule has 194 valence electrons. The summed E-state index contributed by atoms with van der Waals surface area (Å²) in [5.74, 6) is 0. The van der Waals surface area contributed by atoms with E-state index in [4.69, 9.17) is 0 Å². The lowest BCUT2D eigenvalue weighted by Gasteiger charge is -2.35. The average molecular weight is 471 g/mol. The molecule has 2 aliphatic carbocycles. The number of aryl methyl sites for hydroxylation is 2. The molecule has 4 nitrogen and oxygen atoms in total. The fraction of sp³-hybridized carbons (Fsp3) is 0.800. The highest BCUT2D eigenvalue weighted by molar-refractivity contribution is 5.19. The zero-order valence-electron chi connectivity index (χ0n) is 23.1. The van der Waals surface area contributed by atoms with Crippen molar-refractivity contribution >= 4 is 0 Å². The number of rotatable bonds is 0. The molecule has 4 aliphatic rings. The van der Waals surface area contributed by atoms with E-state index in [-0.39, 0.29) is 0 Å². The highest BCUT2D eigenvalue weighted by atomic mass is 15.1. The van der Waals surface area contributed by atoms with E-state index in [2.05, 4.69) is 87.1 Å². The standard InChI is InChI=1S/2C11H22N2.C8H10/c2*1-11(2)7-8-12-9-5-3-4-6-10(9)13-11;1-7-3-5-8(2)6-4-7/h2*9-10,12-13H,3-8H2,1-2H3;3-6H,1-2H3. The van der Waals surface area contributed by atoms with Crippen molar-refractivity contribution in [3.63, 3.8) is 0 Å². The lowest BCUT2D eigenvalue weighted by atomic mass is 9.89. The SMILES string of the molecule is CC1(C)CCNC2CCCCC2N1.CC1(C)CCNC2CCCCC2N1.Cc1ccc(C)cc1. The Hall–Kier alpha value is -0.940. The van der Waals surface area contributed by atoms with Crippen molar-refractivity contribution < 1.29 is 0 Å². The third-order valence-electron chi connectivity index (χ3n) is 8.22. The van der Waals surface area contributed by atoms with Gasteiger partial charge in [-0.15, -0.1) is 0 Å². The quantitative estimate of drug-likeness (QED) is 0.397. The minimum atomic E-state index is 0.337. The van der Waals surface area contributed by atoms with Gasteiger partial charge in [-0.2, -0.15) is 0 Å². The van der Waals surface area contributed by atoms with Crippen molar-refractivity contribution in [1.29, 1.82) is 0 Å². The zero-order chi connectivity index (χ0) is 24.6. The topological polar surface area (TPSA) is 48.1 Å². The number of hydrogen-bond acceptors (Lipinski definition) is 4. The summed E-state index contributed by atoms with van der Waals surface area (Å²) in [6.07, 6.45) is 13.6. The maximum absolute atomic E-state index is 3.79. The average Bonchev–Trinajstić information content (AvgIpc) is 3.04. The smallest absolute Gasteiger partial charge is 0.0226 e. The second kappa shape index (κ2) is 12.9. The number of benzene rings is 1. The highest BCUT2D eigenvalue weighted by Crippen LogP contribution is 2.25. The van der Waals surface area contributed by atoms with E-state index < -0.39 is 0 Å². The third kappa shape index (κ3) is 9.26. The molecule has 0 aromatic heterocycles. The van der Waals surface area contributed by atoms with Gasteiger partial charge < -0.3 is 21.3 Å². The van der Waals surface area contributed by atoms with Crippen LogP contribution in [0.2, 0.25) is 0 Å². The Morgan fingerprint density at radius 1 is 0.559 bits per heavy atom. The van der Waals surface area contributed by atoms with E-state index in [1.165, 1.54) is 88.4 Å². The molecule has 1 aromatic rings. The van der Waals surface area contributed by atoms with Crippen LogP contribution in [0.1, 0.15) is 103 Å². The van der Waals surface area contributed by atoms with Crippen LogP contribution in [0, 0.1) is 13.8 Å². The van der Waals surface area contributed by atoms with Crippen molar-refractivity contribution in [2.45, 2.75) is 141 Å². The van der Waals surface area contributed by atoms with E-state index in [1.54, 1.807) is 0 Å². The van der Waals surface area contributed by atoms with Crippen molar-refractivity contribution in [2.24, 2.45) is 0 Å². The Morgan fingerprint density at radius 3 is 1.24 bits per heavy atom. The molecule has 4 unspecified atom stereocenters. The summed E-state index contributed by atoms with van der Waals surface area (Å²) >= 11 is 0. The summed E-state index contributed by atoms with van der Waals surface area (Å²) in [5.41, 5.74) is 3.33. The van der Waals surface area contributed by atoms with E-state index in [9.17, 15) is 0 Å². The third-order valence-corrected chi connectivity index (χ3v) is 8.22. The summed E-state index contributed by atoms with van der Waals surface area (Å²) in [7, 11) is 0. The molecule has 2 saturated heterocycles. The van der Waals surface area contributed by atoms with Crippen LogP contribution >= 0.6 is 0 Å². The molecule has 4 fully saturated rings. The largest absolute Gasteiger partial charge is 0.312 e. The first-order chi connectivity index (χ1) is 16.1. The van der Waals surface area contributed by atoms with Gasteiger partial charge in [0.1, 0.15) is 0 Å². The molecule has 2 heterocycles. The van der Waals surface area contributed by atoms with Gasteiger partial charge >= 0.3 is 0 Å². The zero-order valence-corrected chi connectivity index (χ0v) is 23.1. The van der Waals surface area contributed by atoms with Gasteiger partial charge in [-0.1, -0.05) is 61.1 Å². The second-order valence-corrected chi connectivity index (χ2v) is 12.6. The molecule has 4 N–H and O–H groups in total. The molecule has 4 atom stereocenters. The number of fused-ring (bicyclic) bond motifs is 2. The van der Waals surface area contributed by atoms with Crippen LogP contribution < -0.4 is 21.3 Å². The van der Waals surface area contributed by atoms with Crippen LogP contribution in [0.3, 0.4) is 0 Å². The molecule has 0 spiro atoms. The summed E-state index contributed by atoms with van der Waals surface area (Å²) < 4.78 is 0. The Labute approximate surface area is 210 Å². The normalized spacial score (nSPS) is 32.2. The van der Waals surface area contributed by atoms with Crippen LogP contribution in [0.5, 0.6) is 0 Å². The molecule has 5 rings (SSSR count). The van der Waals surface area contributed by atoms with E-state index in [1.807, 2.05) is 0 Å². The van der Waals surface area contributed by atoms with Gasteiger partial charge in [0.15, 0.2) is 0 Å². The molecule has 0 amide bonds. The Kier molecular flexibility index (Phi) is 10.4. The second-order valence-electron chi connectivity index (χ2n) is 12.6. The van der Waals surface area contributed by atoms with Crippen molar-refractivity contribution in [1.82, 2.24) is 21.3 Å². The van der Waals surface area contributed by atoms with E-state index >= 15 is 0 Å². The van der Waals surface area contributed by atoms with E-state index in [0.29, 0.717) is 11.1 Å². The van der Waals surface area contributed by atoms with Crippen LogP contribution in [-0.4, -0.2) is 48.3 Å². The van der Waals surface area contributed by atoms with Gasteiger partial charge in [0.25, 0.3) is 0 Å². The lowest BCUT2D eigenvalue weighted by Crippen LogP contribution is -2.52. The van der Waals surface area contributed by atoms with Crippen LogP contribution in [0.15, 0.2) is 24.3 Å². The fourth-order valence-electron chi connectivity index (χ4n) is 6.02. The molecular weight excluding hydrogens is 416 g/mol. The van der Waals surface area contributed by atoms with Crippen LogP contribution in [-0.2, 0) is 0 Å². The maximum Gasteiger partial charge on any atom is 0.0226 e. The molecule has 2 aliphatic heterocycles. The molecule has 0 bridgehead atoms. The Balaban J connectivity index is 0.000000148. The first kappa shape index (κ1) is 27.6. The first-order valence-corrected chi connectivity index (χ1v) is 14.2. The van der Waals surface area contributed by atoms with Gasteiger partial charge in [0, 0.05) is 35.2 Å². The van der Waals surface area contributed by atoms with Crippen LogP contribution in [0.25, 0.3) is 0 Å². The summed E-state index contributed by atoms with van der Waals surface area (Å²) in [5, 5.41) is 14.9. The minimum Gasteiger partial charge on any atom is -0.312 e. The molecular formula is C30H54N4. The highest BCUT2D eigenvalue weighted by Gasteiger charge is 2.33. The minimum absolute atomic E-state index is 0.337. The number of hydrogen-bond donors (Lipinski definition) is 4. The van der Waals surface area contributed by atoms with Gasteiger partial charge in [0.05, 0.1) is 0 Å². The van der Waals surface area contributed by atoms with Gasteiger partial charge in [-0.25, -0.2) is 0 Å². The molecule has 0 radical (unpaired) electrons. The van der Waals surface area contributed by atoms with Gasteiger partial charge in [0.2, 0.25) is 0 Å². The Bertz CT molecular complexity index is 650.